The molecule has 176 valence electrons. The van der Waals surface area contributed by atoms with Crippen molar-refractivity contribution < 1.29 is 28.7 Å². The quantitative estimate of drug-likeness (QED) is 0.457. The molecule has 0 aliphatic carbocycles. The molecule has 1 aromatic heterocycles. The van der Waals surface area contributed by atoms with Crippen molar-refractivity contribution >= 4 is 46.2 Å². The van der Waals surface area contributed by atoms with Crippen LogP contribution in [-0.2, 0) is 27.5 Å². The Morgan fingerprint density at radius 1 is 1.15 bits per heavy atom. The molecule has 1 saturated heterocycles. The van der Waals surface area contributed by atoms with Gasteiger partial charge in [0.15, 0.2) is 5.69 Å². The van der Waals surface area contributed by atoms with E-state index in [1.165, 1.54) is 22.9 Å². The summed E-state index contributed by atoms with van der Waals surface area (Å²) in [7, 11) is 0. The zero-order valence-corrected chi connectivity index (χ0v) is 18.3. The number of benzene rings is 2. The van der Waals surface area contributed by atoms with Crippen LogP contribution in [0.4, 0.5) is 4.39 Å². The van der Waals surface area contributed by atoms with Gasteiger partial charge in [-0.25, -0.2) is 9.18 Å². The van der Waals surface area contributed by atoms with Crippen molar-refractivity contribution in [3.8, 4) is 0 Å². The number of hydrogen-bond donors (Lipinski definition) is 3. The predicted molar refractivity (Wildman–Crippen MR) is 118 cm³/mol. The first-order valence-corrected chi connectivity index (χ1v) is 10.6. The zero-order chi connectivity index (χ0) is 24.6. The summed E-state index contributed by atoms with van der Waals surface area (Å²) in [5.74, 6) is -4.03. The number of nitrogens with one attached hydrogen (secondary N) is 1. The van der Waals surface area contributed by atoms with Gasteiger partial charge in [0.1, 0.15) is 24.4 Å². The van der Waals surface area contributed by atoms with Gasteiger partial charge in [0, 0.05) is 23.9 Å². The van der Waals surface area contributed by atoms with E-state index < -0.39 is 48.1 Å². The normalized spacial score (nSPS) is 17.3. The van der Waals surface area contributed by atoms with Crippen LogP contribution >= 0.6 is 11.6 Å². The number of amides is 3. The van der Waals surface area contributed by atoms with Gasteiger partial charge in [0.2, 0.25) is 11.8 Å². The number of fused-ring (bicyclic) bond motifs is 1. The van der Waals surface area contributed by atoms with Crippen molar-refractivity contribution in [2.75, 3.05) is 0 Å². The third kappa shape index (κ3) is 4.17. The van der Waals surface area contributed by atoms with Crippen molar-refractivity contribution in [2.24, 2.45) is 5.73 Å². The Hall–Kier alpha value is -3.99. The fourth-order valence-corrected chi connectivity index (χ4v) is 4.14. The second-order valence-corrected chi connectivity index (χ2v) is 8.13. The molecule has 34 heavy (non-hydrogen) atoms. The number of primary amides is 1. The van der Waals surface area contributed by atoms with Crippen molar-refractivity contribution in [1.82, 2.24) is 20.0 Å². The monoisotopic (exact) mass is 487 g/mol. The van der Waals surface area contributed by atoms with E-state index in [4.69, 9.17) is 17.3 Å². The molecule has 2 atom stereocenters. The molecule has 4 rings (SSSR count). The van der Waals surface area contributed by atoms with Crippen molar-refractivity contribution in [3.05, 3.63) is 64.6 Å². The van der Waals surface area contributed by atoms with Gasteiger partial charge < -0.3 is 21.1 Å². The summed E-state index contributed by atoms with van der Waals surface area (Å²) in [5.41, 5.74) is 5.94. The first-order chi connectivity index (χ1) is 16.2. The number of hydrogen-bond acceptors (Lipinski definition) is 5. The molecular formula is C22H19ClFN5O5. The van der Waals surface area contributed by atoms with Gasteiger partial charge in [0.25, 0.3) is 5.91 Å². The van der Waals surface area contributed by atoms with Gasteiger partial charge >= 0.3 is 5.97 Å². The van der Waals surface area contributed by atoms with E-state index in [-0.39, 0.29) is 29.2 Å². The van der Waals surface area contributed by atoms with Crippen molar-refractivity contribution in [2.45, 2.75) is 31.6 Å². The number of rotatable bonds is 7. The highest BCUT2D eigenvalue weighted by molar-refractivity contribution is 6.30. The van der Waals surface area contributed by atoms with E-state index in [0.717, 1.165) is 4.90 Å². The van der Waals surface area contributed by atoms with Crippen molar-refractivity contribution in [1.29, 1.82) is 0 Å². The highest BCUT2D eigenvalue weighted by Gasteiger charge is 2.49. The lowest BCUT2D eigenvalue weighted by molar-refractivity contribution is -0.167. The Morgan fingerprint density at radius 2 is 1.88 bits per heavy atom. The van der Waals surface area contributed by atoms with Gasteiger partial charge in [-0.1, -0.05) is 41.9 Å². The molecule has 3 amide bonds. The van der Waals surface area contributed by atoms with Crippen LogP contribution in [0.15, 0.2) is 42.5 Å². The maximum absolute atomic E-state index is 14.1. The predicted octanol–water partition coefficient (Wildman–Crippen LogP) is 1.30. The molecule has 0 saturated carbocycles. The minimum Gasteiger partial charge on any atom is -0.480 e. The smallest absolute Gasteiger partial charge is 0.326 e. The average molecular weight is 488 g/mol. The first kappa shape index (κ1) is 23.2. The number of para-hydroxylation sites is 1. The molecule has 0 radical (unpaired) electrons. The van der Waals surface area contributed by atoms with E-state index in [9.17, 15) is 28.7 Å². The molecule has 1 fully saturated rings. The maximum atomic E-state index is 14.1. The lowest BCUT2D eigenvalue weighted by Gasteiger charge is -2.45. The van der Waals surface area contributed by atoms with Crippen LogP contribution in [0.5, 0.6) is 0 Å². The summed E-state index contributed by atoms with van der Waals surface area (Å²) in [4.78, 5) is 50.0. The number of carbonyl (C=O) groups is 4. The van der Waals surface area contributed by atoms with Crippen LogP contribution in [0.2, 0.25) is 5.02 Å². The van der Waals surface area contributed by atoms with Crippen LogP contribution in [0.1, 0.15) is 22.5 Å². The summed E-state index contributed by atoms with van der Waals surface area (Å²) in [6.07, 6.45) is -0.0999. The Bertz CT molecular complexity index is 1330. The standard InChI is InChI=1S/C22H19ClFN5O5/c23-13-6-3-4-11(18(13)24)9-26-21(32)15-8-16(22(33)34)29(15)17(30)10-28-14-7-2-1-5-12(14)19(27-28)20(25)31/h1-7,15-16H,8-10H2,(H2,25,31)(H,26,32)(H,33,34)/t15-,16-/m1/s1. The topological polar surface area (TPSA) is 148 Å². The van der Waals surface area contributed by atoms with Crippen LogP contribution in [0.3, 0.4) is 0 Å². The molecular weight excluding hydrogens is 469 g/mol. The molecule has 0 spiro atoms. The summed E-state index contributed by atoms with van der Waals surface area (Å²) in [6.45, 7) is -0.600. The van der Waals surface area contributed by atoms with E-state index in [1.54, 1.807) is 24.3 Å². The third-order valence-electron chi connectivity index (χ3n) is 5.65. The van der Waals surface area contributed by atoms with Gasteiger partial charge in [-0.15, -0.1) is 0 Å². The second-order valence-electron chi connectivity index (χ2n) is 7.72. The lowest BCUT2D eigenvalue weighted by atomic mass is 9.91. The van der Waals surface area contributed by atoms with Crippen molar-refractivity contribution in [3.63, 3.8) is 0 Å². The highest BCUT2D eigenvalue weighted by atomic mass is 35.5. The first-order valence-electron chi connectivity index (χ1n) is 10.2. The Balaban J connectivity index is 1.52. The van der Waals surface area contributed by atoms with Gasteiger partial charge in [-0.05, 0) is 12.1 Å². The number of carboxylic acid groups (broad SMARTS) is 1. The maximum Gasteiger partial charge on any atom is 0.326 e. The lowest BCUT2D eigenvalue weighted by Crippen LogP contribution is -2.66. The van der Waals surface area contributed by atoms with E-state index >= 15 is 0 Å². The minimum atomic E-state index is -1.26. The zero-order valence-electron chi connectivity index (χ0n) is 17.6. The summed E-state index contributed by atoms with van der Waals surface area (Å²) >= 11 is 5.75. The largest absolute Gasteiger partial charge is 0.480 e. The summed E-state index contributed by atoms with van der Waals surface area (Å²) in [5, 5.41) is 16.4. The number of nitrogens with two attached hydrogens (primary N) is 1. The van der Waals surface area contributed by atoms with E-state index in [2.05, 4.69) is 10.4 Å². The number of aliphatic carboxylic acids is 1. The Labute approximate surface area is 197 Å². The SMILES string of the molecule is NC(=O)c1nn(CC(=O)N2[C@@H](C(=O)O)C[C@@H]2C(=O)NCc2cccc(Cl)c2F)c2ccccc12. The number of likely N-dealkylation sites (tertiary alicyclic amines) is 1. The summed E-state index contributed by atoms with van der Waals surface area (Å²) < 4.78 is 15.3. The highest BCUT2D eigenvalue weighted by Crippen LogP contribution is 2.28. The molecule has 12 heteroatoms. The summed E-state index contributed by atoms with van der Waals surface area (Å²) in [6, 6.07) is 8.71. The van der Waals surface area contributed by atoms with Crippen LogP contribution in [0.25, 0.3) is 10.9 Å². The van der Waals surface area contributed by atoms with Crippen LogP contribution < -0.4 is 11.1 Å². The molecule has 4 N–H and O–H groups in total. The molecule has 3 aromatic rings. The van der Waals surface area contributed by atoms with E-state index in [0.29, 0.717) is 10.9 Å². The molecule has 10 nitrogen and oxygen atoms in total. The number of carboxylic acids is 1. The van der Waals surface area contributed by atoms with E-state index in [1.807, 2.05) is 0 Å². The van der Waals surface area contributed by atoms with Crippen LogP contribution in [-0.4, -0.2) is 55.6 Å². The Morgan fingerprint density at radius 3 is 2.59 bits per heavy atom. The second kappa shape index (κ2) is 9.10. The molecule has 1 aliphatic heterocycles. The fraction of sp³-hybridized carbons (Fsp3) is 0.227. The molecule has 2 heterocycles. The number of nitrogens with zero attached hydrogens (tertiary/aromatic N) is 3. The van der Waals surface area contributed by atoms with Gasteiger partial charge in [-0.2, -0.15) is 5.10 Å². The molecule has 2 aromatic carbocycles. The molecule has 1 aliphatic rings. The molecule has 0 bridgehead atoms. The average Bonchev–Trinajstić information content (AvgIpc) is 3.12. The third-order valence-corrected chi connectivity index (χ3v) is 5.95. The van der Waals surface area contributed by atoms with Gasteiger partial charge in [-0.3, -0.25) is 19.1 Å². The fourth-order valence-electron chi connectivity index (χ4n) is 3.94. The van der Waals surface area contributed by atoms with Gasteiger partial charge in [0.05, 0.1) is 10.5 Å². The number of aromatic nitrogens is 2. The minimum absolute atomic E-state index is 0.0281. The Kier molecular flexibility index (Phi) is 6.20. The number of halogens is 2. The van der Waals surface area contributed by atoms with Crippen LogP contribution in [0, 0.1) is 5.82 Å². The number of carbonyl (C=O) groups excluding carboxylic acids is 3. The molecule has 0 unspecified atom stereocenters.